The van der Waals surface area contributed by atoms with Crippen LogP contribution >= 0.6 is 11.8 Å². The zero-order valence-electron chi connectivity index (χ0n) is 12.2. The van der Waals surface area contributed by atoms with Gasteiger partial charge in [0, 0.05) is 10.6 Å². The van der Waals surface area contributed by atoms with Crippen molar-refractivity contribution in [2.24, 2.45) is 0 Å². The molecule has 0 bridgehead atoms. The van der Waals surface area contributed by atoms with Crippen LogP contribution in [0.2, 0.25) is 0 Å². The van der Waals surface area contributed by atoms with Gasteiger partial charge < -0.3 is 10.1 Å². The molecule has 21 heavy (non-hydrogen) atoms. The quantitative estimate of drug-likeness (QED) is 0.777. The van der Waals surface area contributed by atoms with Gasteiger partial charge >= 0.3 is 0 Å². The van der Waals surface area contributed by atoms with Crippen molar-refractivity contribution in [2.45, 2.75) is 18.7 Å². The number of anilines is 2. The minimum absolute atomic E-state index is 0.654. The second-order valence-electron chi connectivity index (χ2n) is 4.31. The fourth-order valence-electron chi connectivity index (χ4n) is 1.98. The van der Waals surface area contributed by atoms with E-state index in [0.29, 0.717) is 12.2 Å². The molecular weight excluding hydrogens is 280 g/mol. The molecule has 0 aliphatic rings. The van der Waals surface area contributed by atoms with Crippen molar-refractivity contribution in [3.63, 3.8) is 0 Å². The first-order chi connectivity index (χ1) is 10.3. The molecule has 2 rings (SSSR count). The van der Waals surface area contributed by atoms with Crippen molar-refractivity contribution in [3.05, 3.63) is 48.0 Å². The first kappa shape index (κ1) is 15.3. The van der Waals surface area contributed by atoms with E-state index in [1.54, 1.807) is 11.8 Å². The summed E-state index contributed by atoms with van der Waals surface area (Å²) >= 11 is 1.68. The summed E-state index contributed by atoms with van der Waals surface area (Å²) in [5.41, 5.74) is 2.46. The van der Waals surface area contributed by atoms with Crippen LogP contribution in [-0.4, -0.2) is 12.4 Å². The van der Waals surface area contributed by atoms with Crippen molar-refractivity contribution in [3.8, 4) is 11.8 Å². The highest BCUT2D eigenvalue weighted by molar-refractivity contribution is 7.99. The molecule has 0 fully saturated rings. The van der Waals surface area contributed by atoms with Crippen LogP contribution in [0.25, 0.3) is 0 Å². The lowest BCUT2D eigenvalue weighted by atomic mass is 10.2. The number of ether oxygens (including phenoxy) is 1. The Morgan fingerprint density at radius 2 is 1.90 bits per heavy atom. The summed E-state index contributed by atoms with van der Waals surface area (Å²) in [6.45, 7) is 4.70. The second-order valence-corrected chi connectivity index (χ2v) is 5.61. The Kier molecular flexibility index (Phi) is 5.53. The van der Waals surface area contributed by atoms with E-state index >= 15 is 0 Å². The summed E-state index contributed by atoms with van der Waals surface area (Å²) in [6.07, 6.45) is 0. The molecule has 0 aromatic heterocycles. The van der Waals surface area contributed by atoms with Crippen LogP contribution < -0.4 is 10.1 Å². The number of rotatable bonds is 6. The zero-order valence-corrected chi connectivity index (χ0v) is 13.0. The highest BCUT2D eigenvalue weighted by Crippen LogP contribution is 2.30. The molecule has 0 atom stereocenters. The molecule has 4 heteroatoms. The van der Waals surface area contributed by atoms with E-state index in [4.69, 9.17) is 4.74 Å². The van der Waals surface area contributed by atoms with E-state index in [1.807, 2.05) is 49.4 Å². The normalized spacial score (nSPS) is 9.95. The van der Waals surface area contributed by atoms with Gasteiger partial charge in [0.15, 0.2) is 0 Å². The topological polar surface area (TPSA) is 45.0 Å². The Morgan fingerprint density at radius 3 is 2.52 bits per heavy atom. The van der Waals surface area contributed by atoms with E-state index in [0.717, 1.165) is 27.8 Å². The van der Waals surface area contributed by atoms with Gasteiger partial charge in [0.1, 0.15) is 11.8 Å². The third-order valence-corrected chi connectivity index (χ3v) is 3.82. The Hall–Kier alpha value is -2.12. The van der Waals surface area contributed by atoms with Gasteiger partial charge in [-0.25, -0.2) is 0 Å². The highest BCUT2D eigenvalue weighted by atomic mass is 32.2. The third-order valence-electron chi connectivity index (χ3n) is 2.88. The fraction of sp³-hybridized carbons (Fsp3) is 0.235. The van der Waals surface area contributed by atoms with Crippen molar-refractivity contribution >= 4 is 23.1 Å². The number of nitrogens with one attached hydrogen (secondary N) is 1. The third kappa shape index (κ3) is 3.93. The van der Waals surface area contributed by atoms with Gasteiger partial charge in [-0.2, -0.15) is 5.26 Å². The predicted molar refractivity (Wildman–Crippen MR) is 88.4 cm³/mol. The van der Waals surface area contributed by atoms with E-state index in [1.165, 1.54) is 0 Å². The van der Waals surface area contributed by atoms with Crippen molar-refractivity contribution in [1.82, 2.24) is 0 Å². The second kappa shape index (κ2) is 7.61. The number of hydrogen-bond acceptors (Lipinski definition) is 4. The smallest absolute Gasteiger partial charge is 0.119 e. The molecular formula is C17H18N2OS. The lowest BCUT2D eigenvalue weighted by Gasteiger charge is -2.11. The molecule has 0 amide bonds. The molecule has 0 saturated carbocycles. The summed E-state index contributed by atoms with van der Waals surface area (Å²) < 4.78 is 5.42. The summed E-state index contributed by atoms with van der Waals surface area (Å²) in [5.74, 6) is 1.79. The molecule has 0 aliphatic heterocycles. The van der Waals surface area contributed by atoms with Gasteiger partial charge in [-0.15, -0.1) is 11.8 Å². The van der Waals surface area contributed by atoms with Gasteiger partial charge in [-0.1, -0.05) is 13.0 Å². The molecule has 108 valence electrons. The molecule has 1 N–H and O–H groups in total. The minimum atomic E-state index is 0.654. The van der Waals surface area contributed by atoms with E-state index in [2.05, 4.69) is 18.3 Å². The Bertz CT molecular complexity index is 632. The number of thioether (sulfide) groups is 1. The van der Waals surface area contributed by atoms with Crippen LogP contribution in [0.1, 0.15) is 19.4 Å². The van der Waals surface area contributed by atoms with Gasteiger partial charge in [-0.05, 0) is 49.1 Å². The Balaban J connectivity index is 2.23. The maximum atomic E-state index is 9.39. The molecule has 0 unspecified atom stereocenters. The number of hydrogen-bond donors (Lipinski definition) is 1. The van der Waals surface area contributed by atoms with Crippen LogP contribution in [0.4, 0.5) is 11.4 Å². The molecule has 0 heterocycles. The Morgan fingerprint density at radius 1 is 1.14 bits per heavy atom. The number of nitriles is 1. The average molecular weight is 298 g/mol. The maximum Gasteiger partial charge on any atom is 0.119 e. The molecule has 0 radical (unpaired) electrons. The van der Waals surface area contributed by atoms with E-state index in [-0.39, 0.29) is 0 Å². The van der Waals surface area contributed by atoms with Gasteiger partial charge in [0.25, 0.3) is 0 Å². The molecule has 0 spiro atoms. The van der Waals surface area contributed by atoms with Crippen LogP contribution in [-0.2, 0) is 0 Å². The monoisotopic (exact) mass is 298 g/mol. The standard InChI is InChI=1S/C17H18N2OS/c1-3-20-14-10-8-13(9-11-14)19-16-6-5-7-17(21-4-2)15(16)12-18/h5-11,19H,3-4H2,1-2H3. The minimum Gasteiger partial charge on any atom is -0.494 e. The van der Waals surface area contributed by atoms with Gasteiger partial charge in [0.05, 0.1) is 17.9 Å². The lowest BCUT2D eigenvalue weighted by Crippen LogP contribution is -1.96. The number of benzene rings is 2. The van der Waals surface area contributed by atoms with Gasteiger partial charge in [-0.3, -0.25) is 0 Å². The highest BCUT2D eigenvalue weighted by Gasteiger charge is 2.08. The summed E-state index contributed by atoms with van der Waals surface area (Å²) in [5, 5.41) is 12.7. The fourth-order valence-corrected chi connectivity index (χ4v) is 2.77. The molecule has 0 saturated heterocycles. The predicted octanol–water partition coefficient (Wildman–Crippen LogP) is 4.81. The SMILES string of the molecule is CCOc1ccc(Nc2cccc(SCC)c2C#N)cc1. The van der Waals surface area contributed by atoms with Crippen LogP contribution in [0, 0.1) is 11.3 Å². The molecule has 0 aliphatic carbocycles. The summed E-state index contributed by atoms with van der Waals surface area (Å²) in [6, 6.07) is 15.9. The first-order valence-electron chi connectivity index (χ1n) is 6.94. The van der Waals surface area contributed by atoms with E-state index < -0.39 is 0 Å². The number of nitrogens with zero attached hydrogens (tertiary/aromatic N) is 1. The lowest BCUT2D eigenvalue weighted by molar-refractivity contribution is 0.340. The van der Waals surface area contributed by atoms with Crippen molar-refractivity contribution in [1.29, 1.82) is 5.26 Å². The molecule has 3 nitrogen and oxygen atoms in total. The van der Waals surface area contributed by atoms with Crippen molar-refractivity contribution in [2.75, 3.05) is 17.7 Å². The maximum absolute atomic E-state index is 9.39. The Labute approximate surface area is 129 Å². The van der Waals surface area contributed by atoms with Gasteiger partial charge in [0.2, 0.25) is 0 Å². The zero-order chi connectivity index (χ0) is 15.1. The summed E-state index contributed by atoms with van der Waals surface area (Å²) in [7, 11) is 0. The summed E-state index contributed by atoms with van der Waals surface area (Å²) in [4.78, 5) is 1.01. The average Bonchev–Trinajstić information content (AvgIpc) is 2.50. The van der Waals surface area contributed by atoms with Crippen LogP contribution in [0.15, 0.2) is 47.4 Å². The van der Waals surface area contributed by atoms with Crippen molar-refractivity contribution < 1.29 is 4.74 Å². The van der Waals surface area contributed by atoms with Crippen LogP contribution in [0.3, 0.4) is 0 Å². The first-order valence-corrected chi connectivity index (χ1v) is 7.92. The molecule has 2 aromatic carbocycles. The largest absolute Gasteiger partial charge is 0.494 e. The van der Waals surface area contributed by atoms with E-state index in [9.17, 15) is 5.26 Å². The molecule has 2 aromatic rings. The van der Waals surface area contributed by atoms with Crippen LogP contribution in [0.5, 0.6) is 5.75 Å².